The van der Waals surface area contributed by atoms with Gasteiger partial charge in [-0.05, 0) is 18.4 Å². The summed E-state index contributed by atoms with van der Waals surface area (Å²) >= 11 is 0. The van der Waals surface area contributed by atoms with Gasteiger partial charge in [0.15, 0.2) is 0 Å². The third-order valence-corrected chi connectivity index (χ3v) is 3.07. The van der Waals surface area contributed by atoms with Gasteiger partial charge in [0.2, 0.25) is 0 Å². The number of hydrogen-bond donors (Lipinski definition) is 2. The summed E-state index contributed by atoms with van der Waals surface area (Å²) in [6.45, 7) is 12.4. The van der Waals surface area contributed by atoms with Gasteiger partial charge in [-0.1, -0.05) is 33.8 Å². The Morgan fingerprint density at radius 2 is 2.29 bits per heavy atom. The first-order valence-corrected chi connectivity index (χ1v) is 6.54. The second kappa shape index (κ2) is 6.48. The average Bonchev–Trinajstić information content (AvgIpc) is 2.28. The van der Waals surface area contributed by atoms with Gasteiger partial charge in [-0.2, -0.15) is 0 Å². The van der Waals surface area contributed by atoms with Crippen LogP contribution in [0.15, 0.2) is 24.2 Å². The van der Waals surface area contributed by atoms with E-state index in [1.807, 2.05) is 19.9 Å². The lowest BCUT2D eigenvalue weighted by atomic mass is 10.1. The Labute approximate surface area is 105 Å². The van der Waals surface area contributed by atoms with Crippen LogP contribution >= 0.6 is 0 Å². The smallest absolute Gasteiger partial charge is 0.0981 e. The molecule has 0 spiro atoms. The first-order valence-electron chi connectivity index (χ1n) is 6.54. The molecule has 0 amide bonds. The molecule has 1 heterocycles. The van der Waals surface area contributed by atoms with Crippen LogP contribution in [0.1, 0.15) is 40.0 Å². The molecule has 1 fully saturated rings. The highest BCUT2D eigenvalue weighted by Gasteiger charge is 2.15. The van der Waals surface area contributed by atoms with Crippen LogP contribution in [-0.2, 0) is 0 Å². The quantitative estimate of drug-likeness (QED) is 0.719. The summed E-state index contributed by atoms with van der Waals surface area (Å²) in [6.07, 6.45) is 5.36. The second-order valence-electron chi connectivity index (χ2n) is 4.94. The van der Waals surface area contributed by atoms with Crippen molar-refractivity contribution < 1.29 is 0 Å². The Morgan fingerprint density at radius 3 is 2.82 bits per heavy atom. The first kappa shape index (κ1) is 13.8. The molecule has 0 aromatic heterocycles. The van der Waals surface area contributed by atoms with Crippen LogP contribution in [0.4, 0.5) is 0 Å². The molecule has 1 rings (SSSR count). The minimum Gasteiger partial charge on any atom is -0.358 e. The Hall–Kier alpha value is -1.25. The van der Waals surface area contributed by atoms with Crippen molar-refractivity contribution in [3.63, 3.8) is 0 Å². The normalized spacial score (nSPS) is 18.7. The van der Waals surface area contributed by atoms with Crippen molar-refractivity contribution in [1.82, 2.24) is 10.2 Å². The van der Waals surface area contributed by atoms with Crippen molar-refractivity contribution in [2.24, 2.45) is 5.92 Å². The fraction of sp³-hybridized carbons (Fsp3) is 0.643. The Balaban J connectivity index is 2.52. The zero-order chi connectivity index (χ0) is 12.8. The monoisotopic (exact) mass is 235 g/mol. The lowest BCUT2D eigenvalue weighted by molar-refractivity contribution is 0.299. The van der Waals surface area contributed by atoms with E-state index in [-0.39, 0.29) is 5.92 Å². The van der Waals surface area contributed by atoms with Crippen LogP contribution in [0.2, 0.25) is 0 Å². The molecular formula is C14H25N3. The number of nitrogens with one attached hydrogen (secondary N) is 2. The molecule has 0 radical (unpaired) electrons. The van der Waals surface area contributed by atoms with E-state index < -0.39 is 0 Å². The Morgan fingerprint density at radius 1 is 1.59 bits per heavy atom. The minimum absolute atomic E-state index is 0.288. The molecule has 3 nitrogen and oxygen atoms in total. The van der Waals surface area contributed by atoms with E-state index in [2.05, 4.69) is 23.7 Å². The molecule has 0 aromatic carbocycles. The average molecular weight is 235 g/mol. The number of allylic oxidation sites excluding steroid dienone is 1. The molecule has 96 valence electrons. The fourth-order valence-electron chi connectivity index (χ4n) is 1.78. The zero-order valence-electron chi connectivity index (χ0n) is 11.3. The molecule has 0 bridgehead atoms. The maximum Gasteiger partial charge on any atom is 0.0981 e. The van der Waals surface area contributed by atoms with E-state index in [9.17, 15) is 0 Å². The molecule has 2 N–H and O–H groups in total. The zero-order valence-corrected chi connectivity index (χ0v) is 11.3. The van der Waals surface area contributed by atoms with Crippen LogP contribution in [0.25, 0.3) is 0 Å². The highest BCUT2D eigenvalue weighted by atomic mass is 15.3. The molecule has 0 unspecified atom stereocenters. The summed E-state index contributed by atoms with van der Waals surface area (Å²) in [5.74, 6) is 1.27. The summed E-state index contributed by atoms with van der Waals surface area (Å²) < 4.78 is 0. The number of rotatable bonds is 5. The predicted octanol–water partition coefficient (Wildman–Crippen LogP) is 3.11. The standard InChI is InChI=1S/C14H25N3/c1-5-6-8-17-9-7-13(16-12(17)4)10-14(15)11(2)3/h10-11,15-16H,4-9H2,1-3H3/b13-10-,15-14?. The molecule has 1 aliphatic heterocycles. The van der Waals surface area contributed by atoms with E-state index in [0.29, 0.717) is 5.71 Å². The minimum atomic E-state index is 0.288. The second-order valence-corrected chi connectivity index (χ2v) is 4.94. The molecule has 3 heteroatoms. The molecule has 0 aliphatic carbocycles. The Bertz CT molecular complexity index is 315. The molecule has 1 saturated heterocycles. The van der Waals surface area contributed by atoms with Crippen LogP contribution in [0.3, 0.4) is 0 Å². The van der Waals surface area contributed by atoms with Gasteiger partial charge >= 0.3 is 0 Å². The van der Waals surface area contributed by atoms with Crippen molar-refractivity contribution >= 4 is 5.71 Å². The summed E-state index contributed by atoms with van der Waals surface area (Å²) in [7, 11) is 0. The van der Waals surface area contributed by atoms with Gasteiger partial charge in [0.25, 0.3) is 0 Å². The lowest BCUT2D eigenvalue weighted by Crippen LogP contribution is -2.38. The number of unbranched alkanes of at least 4 members (excludes halogenated alkanes) is 1. The maximum atomic E-state index is 7.85. The van der Waals surface area contributed by atoms with Crippen LogP contribution in [-0.4, -0.2) is 23.7 Å². The topological polar surface area (TPSA) is 39.1 Å². The van der Waals surface area contributed by atoms with Gasteiger partial charge in [-0.3, -0.25) is 0 Å². The highest BCUT2D eigenvalue weighted by molar-refractivity contribution is 5.94. The van der Waals surface area contributed by atoms with Gasteiger partial charge in [0.1, 0.15) is 0 Å². The number of hydrogen-bond acceptors (Lipinski definition) is 3. The van der Waals surface area contributed by atoms with E-state index in [4.69, 9.17) is 5.41 Å². The third-order valence-electron chi connectivity index (χ3n) is 3.07. The van der Waals surface area contributed by atoms with Gasteiger partial charge in [0.05, 0.1) is 5.82 Å². The van der Waals surface area contributed by atoms with E-state index in [0.717, 1.165) is 31.0 Å². The van der Waals surface area contributed by atoms with E-state index >= 15 is 0 Å². The largest absolute Gasteiger partial charge is 0.358 e. The SMILES string of the molecule is C=C1N/C(=C\C(=N)C(C)C)CCN1CCCC. The van der Waals surface area contributed by atoms with Crippen molar-refractivity contribution in [1.29, 1.82) is 5.41 Å². The van der Waals surface area contributed by atoms with Crippen LogP contribution in [0.5, 0.6) is 0 Å². The van der Waals surface area contributed by atoms with Gasteiger partial charge < -0.3 is 15.6 Å². The van der Waals surface area contributed by atoms with Crippen molar-refractivity contribution in [3.8, 4) is 0 Å². The van der Waals surface area contributed by atoms with E-state index in [1.165, 1.54) is 12.8 Å². The molecule has 1 aliphatic rings. The summed E-state index contributed by atoms with van der Waals surface area (Å²) in [5.41, 5.74) is 1.81. The van der Waals surface area contributed by atoms with Gasteiger partial charge in [-0.25, -0.2) is 0 Å². The Kier molecular flexibility index (Phi) is 5.26. The summed E-state index contributed by atoms with van der Waals surface area (Å²) in [4.78, 5) is 2.29. The van der Waals surface area contributed by atoms with Crippen molar-refractivity contribution in [2.45, 2.75) is 40.0 Å². The van der Waals surface area contributed by atoms with Gasteiger partial charge in [-0.15, -0.1) is 0 Å². The van der Waals surface area contributed by atoms with Crippen LogP contribution < -0.4 is 5.32 Å². The van der Waals surface area contributed by atoms with Gasteiger partial charge in [0, 0.05) is 30.9 Å². The highest BCUT2D eigenvalue weighted by Crippen LogP contribution is 2.15. The molecular weight excluding hydrogens is 210 g/mol. The van der Waals surface area contributed by atoms with Crippen LogP contribution in [0, 0.1) is 11.3 Å². The lowest BCUT2D eigenvalue weighted by Gasteiger charge is -2.33. The fourth-order valence-corrected chi connectivity index (χ4v) is 1.78. The van der Waals surface area contributed by atoms with E-state index in [1.54, 1.807) is 0 Å². The number of nitrogens with zero attached hydrogens (tertiary/aromatic N) is 1. The van der Waals surface area contributed by atoms with Crippen molar-refractivity contribution in [2.75, 3.05) is 13.1 Å². The molecule has 17 heavy (non-hydrogen) atoms. The molecule has 0 saturated carbocycles. The summed E-state index contributed by atoms with van der Waals surface area (Å²) in [6, 6.07) is 0. The third kappa shape index (κ3) is 4.25. The maximum absolute atomic E-state index is 7.85. The molecule has 0 aromatic rings. The predicted molar refractivity (Wildman–Crippen MR) is 74.0 cm³/mol. The summed E-state index contributed by atoms with van der Waals surface area (Å²) in [5, 5.41) is 11.2. The molecule has 0 atom stereocenters. The van der Waals surface area contributed by atoms with Crippen molar-refractivity contribution in [3.05, 3.63) is 24.2 Å². The first-order chi connectivity index (χ1) is 8.04.